The first kappa shape index (κ1) is 18.3. The molecule has 2 amide bonds. The Labute approximate surface area is 153 Å². The fourth-order valence-corrected chi connectivity index (χ4v) is 3.48. The van der Waals surface area contributed by atoms with Crippen LogP contribution >= 0.6 is 0 Å². The molecule has 2 N–H and O–H groups in total. The van der Waals surface area contributed by atoms with Gasteiger partial charge in [-0.3, -0.25) is 0 Å². The van der Waals surface area contributed by atoms with Gasteiger partial charge in [0.1, 0.15) is 11.9 Å². The zero-order valence-corrected chi connectivity index (χ0v) is 15.3. The van der Waals surface area contributed by atoms with Gasteiger partial charge in [-0.15, -0.1) is 0 Å². The van der Waals surface area contributed by atoms with E-state index >= 15 is 0 Å². The van der Waals surface area contributed by atoms with E-state index in [0.29, 0.717) is 23.6 Å². The second-order valence-corrected chi connectivity index (χ2v) is 6.77. The Balaban J connectivity index is 1.91. The Morgan fingerprint density at radius 3 is 2.69 bits per heavy atom. The number of carbonyl (C=O) groups is 2. The van der Waals surface area contributed by atoms with Gasteiger partial charge in [0.25, 0.3) is 0 Å². The van der Waals surface area contributed by atoms with E-state index in [-0.39, 0.29) is 18.1 Å². The molecule has 3 rings (SSSR count). The zero-order valence-electron chi connectivity index (χ0n) is 15.3. The number of carbonyl (C=O) groups excluding carboxylic acids is 2. The molecule has 6 heteroatoms. The smallest absolute Gasteiger partial charge is 0.338 e. The Morgan fingerprint density at radius 2 is 1.96 bits per heavy atom. The molecule has 2 aliphatic rings. The molecule has 0 unspecified atom stereocenters. The molecule has 0 saturated heterocycles. The largest absolute Gasteiger partial charge is 0.493 e. The van der Waals surface area contributed by atoms with Crippen molar-refractivity contribution in [1.82, 2.24) is 10.6 Å². The van der Waals surface area contributed by atoms with Crippen LogP contribution in [0.2, 0.25) is 0 Å². The predicted molar refractivity (Wildman–Crippen MR) is 97.7 cm³/mol. The summed E-state index contributed by atoms with van der Waals surface area (Å²) in [6.07, 6.45) is 4.81. The van der Waals surface area contributed by atoms with Gasteiger partial charge in [-0.2, -0.15) is 0 Å². The van der Waals surface area contributed by atoms with Gasteiger partial charge in [-0.1, -0.05) is 25.1 Å². The molecular weight excluding hydrogens is 332 g/mol. The zero-order chi connectivity index (χ0) is 18.5. The molecule has 26 heavy (non-hydrogen) atoms. The van der Waals surface area contributed by atoms with E-state index in [2.05, 4.69) is 10.6 Å². The van der Waals surface area contributed by atoms with E-state index in [1.165, 1.54) is 0 Å². The first-order valence-electron chi connectivity index (χ1n) is 9.31. The molecule has 1 aromatic carbocycles. The van der Waals surface area contributed by atoms with Crippen LogP contribution in [0.15, 0.2) is 35.5 Å². The van der Waals surface area contributed by atoms with Crippen LogP contribution in [0.25, 0.3) is 0 Å². The molecule has 0 bridgehead atoms. The van der Waals surface area contributed by atoms with Crippen LogP contribution in [-0.4, -0.2) is 24.7 Å². The van der Waals surface area contributed by atoms with Gasteiger partial charge in [0.2, 0.25) is 0 Å². The van der Waals surface area contributed by atoms with Gasteiger partial charge in [0.15, 0.2) is 0 Å². The molecule has 0 spiro atoms. The number of nitrogens with one attached hydrogen (secondary N) is 2. The molecule has 1 aliphatic heterocycles. The summed E-state index contributed by atoms with van der Waals surface area (Å²) in [6.45, 7) is 4.33. The Hall–Kier alpha value is -2.50. The number of allylic oxidation sites excluding steroid dienone is 1. The lowest BCUT2D eigenvalue weighted by molar-refractivity contribution is -0.144. The summed E-state index contributed by atoms with van der Waals surface area (Å²) in [6, 6.07) is 6.55. The van der Waals surface area contributed by atoms with Crippen LogP contribution in [0.3, 0.4) is 0 Å². The third-order valence-electron chi connectivity index (χ3n) is 4.76. The molecule has 140 valence electrons. The number of para-hydroxylation sites is 1. The highest BCUT2D eigenvalue weighted by Crippen LogP contribution is 2.34. The lowest BCUT2D eigenvalue weighted by Gasteiger charge is -2.29. The average Bonchev–Trinajstić information content (AvgIpc) is 3.12. The van der Waals surface area contributed by atoms with Crippen LogP contribution in [0.5, 0.6) is 5.75 Å². The van der Waals surface area contributed by atoms with Crippen molar-refractivity contribution in [3.8, 4) is 5.75 Å². The number of esters is 1. The quantitative estimate of drug-likeness (QED) is 0.762. The number of amides is 2. The van der Waals surface area contributed by atoms with Gasteiger partial charge in [-0.25, -0.2) is 9.59 Å². The summed E-state index contributed by atoms with van der Waals surface area (Å²) in [4.78, 5) is 24.9. The number of ether oxygens (including phenoxy) is 2. The van der Waals surface area contributed by atoms with Gasteiger partial charge in [0.05, 0.1) is 18.2 Å². The number of hydrogen-bond donors (Lipinski definition) is 2. The molecule has 0 radical (unpaired) electrons. The Bertz CT molecular complexity index is 708. The molecule has 1 fully saturated rings. The highest BCUT2D eigenvalue weighted by molar-refractivity contribution is 5.95. The maximum atomic E-state index is 12.9. The molecule has 1 atom stereocenters. The van der Waals surface area contributed by atoms with Crippen molar-refractivity contribution in [3.05, 3.63) is 41.1 Å². The number of benzene rings is 1. The second-order valence-electron chi connectivity index (χ2n) is 6.77. The fraction of sp³-hybridized carbons (Fsp3) is 0.500. The number of hydrogen-bond acceptors (Lipinski definition) is 4. The van der Waals surface area contributed by atoms with Gasteiger partial charge in [0, 0.05) is 11.3 Å². The molecule has 1 aliphatic carbocycles. The van der Waals surface area contributed by atoms with Crippen molar-refractivity contribution in [2.24, 2.45) is 0 Å². The highest BCUT2D eigenvalue weighted by atomic mass is 16.5. The summed E-state index contributed by atoms with van der Waals surface area (Å²) in [7, 11) is 0. The molecule has 1 heterocycles. The minimum absolute atomic E-state index is 0.0346. The SMILES string of the molecule is CCCOc1ccccc1[C@H]1NC(=O)NC(C)=C1C(=O)OC1CCCC1. The van der Waals surface area contributed by atoms with Crippen molar-refractivity contribution in [2.45, 2.75) is 58.1 Å². The summed E-state index contributed by atoms with van der Waals surface area (Å²) in [5.41, 5.74) is 1.71. The lowest BCUT2D eigenvalue weighted by Crippen LogP contribution is -2.45. The molecule has 6 nitrogen and oxygen atoms in total. The van der Waals surface area contributed by atoms with E-state index in [0.717, 1.165) is 37.7 Å². The van der Waals surface area contributed by atoms with Gasteiger partial charge >= 0.3 is 12.0 Å². The third kappa shape index (κ3) is 4.00. The fourth-order valence-electron chi connectivity index (χ4n) is 3.48. The third-order valence-corrected chi connectivity index (χ3v) is 4.76. The van der Waals surface area contributed by atoms with Crippen molar-refractivity contribution < 1.29 is 19.1 Å². The van der Waals surface area contributed by atoms with Crippen LogP contribution in [0.4, 0.5) is 4.79 Å². The van der Waals surface area contributed by atoms with E-state index in [1.54, 1.807) is 6.92 Å². The summed E-state index contributed by atoms with van der Waals surface area (Å²) < 4.78 is 11.5. The molecule has 1 aromatic rings. The summed E-state index contributed by atoms with van der Waals surface area (Å²) in [5, 5.41) is 5.53. The molecular formula is C20H26N2O4. The molecule has 1 saturated carbocycles. The van der Waals surface area contributed by atoms with E-state index in [1.807, 2.05) is 31.2 Å². The Kier molecular flexibility index (Phi) is 5.81. The van der Waals surface area contributed by atoms with E-state index in [4.69, 9.17) is 9.47 Å². The standard InChI is InChI=1S/C20H26N2O4/c1-3-12-25-16-11-7-6-10-15(16)18-17(13(2)21-20(24)22-18)19(23)26-14-8-4-5-9-14/h6-7,10-11,14,18H,3-5,8-9,12H2,1-2H3,(H2,21,22,24)/t18-/m1/s1. The van der Waals surface area contributed by atoms with E-state index in [9.17, 15) is 9.59 Å². The van der Waals surface area contributed by atoms with E-state index < -0.39 is 6.04 Å². The first-order valence-corrected chi connectivity index (χ1v) is 9.31. The van der Waals surface area contributed by atoms with Crippen molar-refractivity contribution in [2.75, 3.05) is 6.61 Å². The molecule has 0 aromatic heterocycles. The predicted octanol–water partition coefficient (Wildman–Crippen LogP) is 3.59. The van der Waals surface area contributed by atoms with Gasteiger partial charge in [-0.05, 0) is 45.1 Å². The Morgan fingerprint density at radius 1 is 1.23 bits per heavy atom. The highest BCUT2D eigenvalue weighted by Gasteiger charge is 2.35. The average molecular weight is 358 g/mol. The van der Waals surface area contributed by atoms with Crippen LogP contribution in [0, 0.1) is 0 Å². The summed E-state index contributed by atoms with van der Waals surface area (Å²) >= 11 is 0. The summed E-state index contributed by atoms with van der Waals surface area (Å²) in [5.74, 6) is 0.290. The van der Waals surface area contributed by atoms with Crippen LogP contribution in [-0.2, 0) is 9.53 Å². The second kappa shape index (κ2) is 8.25. The van der Waals surface area contributed by atoms with Crippen molar-refractivity contribution in [1.29, 1.82) is 0 Å². The van der Waals surface area contributed by atoms with Crippen molar-refractivity contribution in [3.63, 3.8) is 0 Å². The maximum absolute atomic E-state index is 12.9. The number of urea groups is 1. The minimum Gasteiger partial charge on any atom is -0.493 e. The minimum atomic E-state index is -0.592. The van der Waals surface area contributed by atoms with Crippen LogP contribution < -0.4 is 15.4 Å². The monoisotopic (exact) mass is 358 g/mol. The first-order chi connectivity index (χ1) is 12.6. The van der Waals surface area contributed by atoms with Crippen LogP contribution in [0.1, 0.15) is 57.6 Å². The lowest BCUT2D eigenvalue weighted by atomic mass is 9.94. The van der Waals surface area contributed by atoms with Crippen molar-refractivity contribution >= 4 is 12.0 Å². The normalized spacial score (nSPS) is 20.5. The topological polar surface area (TPSA) is 76.7 Å². The van der Waals surface area contributed by atoms with Gasteiger partial charge < -0.3 is 20.1 Å². The number of rotatable bonds is 6. The maximum Gasteiger partial charge on any atom is 0.338 e.